The molecule has 0 N–H and O–H groups in total. The van der Waals surface area contributed by atoms with Gasteiger partial charge in [-0.3, -0.25) is 0 Å². The summed E-state index contributed by atoms with van der Waals surface area (Å²) in [6, 6.07) is 23.9. The fourth-order valence-electron chi connectivity index (χ4n) is 4.25. The molecule has 0 saturated heterocycles. The number of hydrogen-bond donors (Lipinski definition) is 0. The molecule has 0 bridgehead atoms. The Labute approximate surface area is 218 Å². The van der Waals surface area contributed by atoms with Gasteiger partial charge in [0.2, 0.25) is 6.79 Å². The van der Waals surface area contributed by atoms with Crippen molar-refractivity contribution in [3.63, 3.8) is 0 Å². The highest BCUT2D eigenvalue weighted by atomic mass is 16.7. The van der Waals surface area contributed by atoms with Gasteiger partial charge in [-0.15, -0.1) is 0 Å². The predicted octanol–water partition coefficient (Wildman–Crippen LogP) is 6.22. The van der Waals surface area contributed by atoms with Crippen LogP contribution in [0.25, 0.3) is 5.57 Å². The van der Waals surface area contributed by atoms with Crippen molar-refractivity contribution in [2.24, 2.45) is 0 Å². The Morgan fingerprint density at radius 2 is 1.54 bits per heavy atom. The van der Waals surface area contributed by atoms with Gasteiger partial charge < -0.3 is 23.7 Å². The second kappa shape index (κ2) is 13.5. The van der Waals surface area contributed by atoms with Crippen LogP contribution in [0.4, 0.5) is 0 Å². The van der Waals surface area contributed by atoms with Crippen molar-refractivity contribution < 1.29 is 28.5 Å². The number of fused-ring (bicyclic) bond motifs is 2. The van der Waals surface area contributed by atoms with E-state index in [0.29, 0.717) is 26.2 Å². The second-order valence-corrected chi connectivity index (χ2v) is 8.55. The molecule has 0 spiro atoms. The molecule has 0 amide bonds. The smallest absolute Gasteiger partial charge is 0.335 e. The summed E-state index contributed by atoms with van der Waals surface area (Å²) in [5, 5.41) is 0. The van der Waals surface area contributed by atoms with Crippen molar-refractivity contribution in [2.45, 2.75) is 39.2 Å². The third-order valence-electron chi connectivity index (χ3n) is 6.01. The SMILES string of the molecule is CCOC(=O)C(Cc1ccc(OCCCC=C2c3ccccc3OCOc3ccccc32)cc1)OCC. The highest BCUT2D eigenvalue weighted by Gasteiger charge is 2.20. The van der Waals surface area contributed by atoms with E-state index in [4.69, 9.17) is 23.7 Å². The molecule has 0 aliphatic carbocycles. The molecule has 3 aromatic rings. The molecule has 1 atom stereocenters. The van der Waals surface area contributed by atoms with Crippen molar-refractivity contribution in [3.8, 4) is 17.2 Å². The first-order chi connectivity index (χ1) is 18.2. The first kappa shape index (κ1) is 26.3. The molecule has 1 heterocycles. The maximum atomic E-state index is 12.1. The van der Waals surface area contributed by atoms with E-state index < -0.39 is 6.10 Å². The summed E-state index contributed by atoms with van der Waals surface area (Å²) < 4.78 is 28.4. The number of unbranched alkanes of at least 4 members (excludes halogenated alkanes) is 1. The van der Waals surface area contributed by atoms with E-state index in [2.05, 4.69) is 18.2 Å². The van der Waals surface area contributed by atoms with E-state index in [9.17, 15) is 4.79 Å². The van der Waals surface area contributed by atoms with Gasteiger partial charge in [0.05, 0.1) is 13.2 Å². The van der Waals surface area contributed by atoms with Crippen LogP contribution in [0.15, 0.2) is 78.9 Å². The van der Waals surface area contributed by atoms with Crippen LogP contribution in [0.1, 0.15) is 43.4 Å². The average Bonchev–Trinajstić information content (AvgIpc) is 2.91. The van der Waals surface area contributed by atoms with Gasteiger partial charge in [0.25, 0.3) is 0 Å². The zero-order valence-electron chi connectivity index (χ0n) is 21.5. The molecule has 0 saturated carbocycles. The molecule has 6 nitrogen and oxygen atoms in total. The third-order valence-corrected chi connectivity index (χ3v) is 6.01. The lowest BCUT2D eigenvalue weighted by atomic mass is 9.94. The van der Waals surface area contributed by atoms with Crippen molar-refractivity contribution in [1.29, 1.82) is 0 Å². The Kier molecular flexibility index (Phi) is 9.60. The fraction of sp³-hybridized carbons (Fsp3) is 0.323. The number of benzene rings is 3. The standard InChI is InChI=1S/C31H34O6/c1-3-33-30(31(32)34-4-2)21-23-16-18-24(19-17-23)35-20-10-9-11-25-26-12-5-7-14-28(26)36-22-37-29-15-8-6-13-27(25)29/h5-8,11-19,30H,3-4,9-10,20-22H2,1-2H3. The maximum Gasteiger partial charge on any atom is 0.335 e. The number of ether oxygens (including phenoxy) is 5. The number of hydrogen-bond acceptors (Lipinski definition) is 6. The lowest BCUT2D eigenvalue weighted by Gasteiger charge is -2.21. The molecule has 4 rings (SSSR count). The average molecular weight is 503 g/mol. The predicted molar refractivity (Wildman–Crippen MR) is 143 cm³/mol. The Balaban J connectivity index is 1.35. The van der Waals surface area contributed by atoms with Crippen LogP contribution in [0.5, 0.6) is 17.2 Å². The Morgan fingerprint density at radius 3 is 2.16 bits per heavy atom. The molecule has 6 heteroatoms. The minimum atomic E-state index is -0.593. The van der Waals surface area contributed by atoms with Crippen LogP contribution < -0.4 is 14.2 Å². The molecule has 37 heavy (non-hydrogen) atoms. The van der Waals surface area contributed by atoms with E-state index in [-0.39, 0.29) is 12.8 Å². The molecule has 1 aliphatic rings. The van der Waals surface area contributed by atoms with E-state index in [1.165, 1.54) is 0 Å². The van der Waals surface area contributed by atoms with Crippen LogP contribution in [0.3, 0.4) is 0 Å². The van der Waals surface area contributed by atoms with Gasteiger partial charge in [0.15, 0.2) is 6.10 Å². The lowest BCUT2D eigenvalue weighted by Crippen LogP contribution is -2.28. The topological polar surface area (TPSA) is 63.2 Å². The van der Waals surface area contributed by atoms with Gasteiger partial charge in [0.1, 0.15) is 17.2 Å². The van der Waals surface area contributed by atoms with Crippen molar-refractivity contribution in [3.05, 3.63) is 95.6 Å². The fourth-order valence-corrected chi connectivity index (χ4v) is 4.25. The van der Waals surface area contributed by atoms with Crippen LogP contribution in [0, 0.1) is 0 Å². The van der Waals surface area contributed by atoms with Gasteiger partial charge in [-0.2, -0.15) is 0 Å². The quantitative estimate of drug-likeness (QED) is 0.229. The van der Waals surface area contributed by atoms with Gasteiger partial charge in [-0.25, -0.2) is 4.79 Å². The maximum absolute atomic E-state index is 12.1. The minimum Gasteiger partial charge on any atom is -0.494 e. The molecule has 3 aromatic carbocycles. The molecular weight excluding hydrogens is 468 g/mol. The van der Waals surface area contributed by atoms with Crippen LogP contribution >= 0.6 is 0 Å². The molecule has 1 unspecified atom stereocenters. The molecule has 1 aliphatic heterocycles. The second-order valence-electron chi connectivity index (χ2n) is 8.55. The summed E-state index contributed by atoms with van der Waals surface area (Å²) in [7, 11) is 0. The number of esters is 1. The summed E-state index contributed by atoms with van der Waals surface area (Å²) in [4.78, 5) is 12.1. The Hall–Kier alpha value is -3.77. The summed E-state index contributed by atoms with van der Waals surface area (Å²) in [6.45, 7) is 5.23. The Bertz CT molecular complexity index is 1130. The van der Waals surface area contributed by atoms with E-state index in [1.54, 1.807) is 6.92 Å². The largest absolute Gasteiger partial charge is 0.494 e. The van der Waals surface area contributed by atoms with Gasteiger partial charge in [-0.1, -0.05) is 54.6 Å². The van der Waals surface area contributed by atoms with Crippen LogP contribution in [-0.2, 0) is 20.7 Å². The van der Waals surface area contributed by atoms with E-state index in [0.717, 1.165) is 52.4 Å². The highest BCUT2D eigenvalue weighted by Crippen LogP contribution is 2.37. The van der Waals surface area contributed by atoms with Crippen molar-refractivity contribution in [1.82, 2.24) is 0 Å². The molecule has 194 valence electrons. The zero-order chi connectivity index (χ0) is 25.9. The highest BCUT2D eigenvalue weighted by molar-refractivity contribution is 5.85. The first-order valence-corrected chi connectivity index (χ1v) is 12.8. The number of allylic oxidation sites excluding steroid dienone is 1. The van der Waals surface area contributed by atoms with Crippen LogP contribution in [-0.4, -0.2) is 38.7 Å². The van der Waals surface area contributed by atoms with Gasteiger partial charge >= 0.3 is 5.97 Å². The molecule has 0 aromatic heterocycles. The van der Waals surface area contributed by atoms with Crippen LogP contribution in [0.2, 0.25) is 0 Å². The Morgan fingerprint density at radius 1 is 0.892 bits per heavy atom. The summed E-state index contributed by atoms with van der Waals surface area (Å²) >= 11 is 0. The van der Waals surface area contributed by atoms with Crippen molar-refractivity contribution >= 4 is 11.5 Å². The van der Waals surface area contributed by atoms with E-state index in [1.807, 2.05) is 67.6 Å². The molecular formula is C31H34O6. The number of carbonyl (C=O) groups is 1. The van der Waals surface area contributed by atoms with Gasteiger partial charge in [-0.05, 0) is 62.1 Å². The van der Waals surface area contributed by atoms with Gasteiger partial charge in [0, 0.05) is 24.2 Å². The lowest BCUT2D eigenvalue weighted by molar-refractivity contribution is -0.156. The monoisotopic (exact) mass is 502 g/mol. The van der Waals surface area contributed by atoms with Crippen molar-refractivity contribution in [2.75, 3.05) is 26.6 Å². The number of para-hydroxylation sites is 2. The number of rotatable bonds is 11. The van der Waals surface area contributed by atoms with E-state index >= 15 is 0 Å². The molecule has 0 radical (unpaired) electrons. The summed E-state index contributed by atoms with van der Waals surface area (Å²) in [6.07, 6.45) is 3.80. The first-order valence-electron chi connectivity index (χ1n) is 12.8. The third kappa shape index (κ3) is 7.14. The zero-order valence-corrected chi connectivity index (χ0v) is 21.5. The summed E-state index contributed by atoms with van der Waals surface area (Å²) in [5.41, 5.74) is 4.21. The summed E-state index contributed by atoms with van der Waals surface area (Å²) in [5.74, 6) is 2.10. The normalized spacial score (nSPS) is 13.1. The molecule has 0 fully saturated rings. The number of carbonyl (C=O) groups excluding carboxylic acids is 1. The minimum absolute atomic E-state index is 0.184.